The fourth-order valence-corrected chi connectivity index (χ4v) is 3.80. The fourth-order valence-electron chi connectivity index (χ4n) is 3.80. The van der Waals surface area contributed by atoms with Crippen LogP contribution in [0.5, 0.6) is 0 Å². The summed E-state index contributed by atoms with van der Waals surface area (Å²) < 4.78 is 41.3. The molecule has 2 unspecified atom stereocenters. The van der Waals surface area contributed by atoms with Gasteiger partial charge < -0.3 is 15.7 Å². The highest BCUT2D eigenvalue weighted by Gasteiger charge is 2.23. The molecule has 2 atom stereocenters. The van der Waals surface area contributed by atoms with E-state index in [0.717, 1.165) is 30.2 Å². The highest BCUT2D eigenvalue weighted by atomic mass is 19.1. The standard InChI is InChI=1S/C27H29F3N2O2/c1-2-18-6-5-7-19(10-18)16-31-17-26(33)25(13-20-11-22(28)15-23(29)12-20)32-27(34)14-21-8-3-4-9-24(21)30/h3-12,15,25-26,31,33H,2,13-14,16-17H2,1H3,(H,32,34). The summed E-state index contributed by atoms with van der Waals surface area (Å²) in [4.78, 5) is 12.6. The Hall–Kier alpha value is -3.16. The van der Waals surface area contributed by atoms with Crippen molar-refractivity contribution in [3.63, 3.8) is 0 Å². The van der Waals surface area contributed by atoms with Crippen LogP contribution in [0.1, 0.15) is 29.2 Å². The van der Waals surface area contributed by atoms with Gasteiger partial charge in [0.15, 0.2) is 0 Å². The molecular weight excluding hydrogens is 441 g/mol. The van der Waals surface area contributed by atoms with Crippen molar-refractivity contribution in [3.05, 3.63) is 106 Å². The van der Waals surface area contributed by atoms with E-state index in [4.69, 9.17) is 0 Å². The van der Waals surface area contributed by atoms with E-state index in [1.165, 1.54) is 23.8 Å². The molecule has 0 aromatic heterocycles. The summed E-state index contributed by atoms with van der Waals surface area (Å²) in [6.07, 6.45) is -0.349. The average molecular weight is 471 g/mol. The average Bonchev–Trinajstić information content (AvgIpc) is 2.79. The fraction of sp³-hybridized carbons (Fsp3) is 0.296. The van der Waals surface area contributed by atoms with Crippen molar-refractivity contribution in [3.8, 4) is 0 Å². The zero-order chi connectivity index (χ0) is 24.5. The van der Waals surface area contributed by atoms with Crippen molar-refractivity contribution in [2.45, 2.75) is 44.9 Å². The van der Waals surface area contributed by atoms with Crippen LogP contribution in [-0.2, 0) is 30.6 Å². The Bertz CT molecular complexity index is 1090. The van der Waals surface area contributed by atoms with Crippen LogP contribution in [0.4, 0.5) is 13.2 Å². The first-order valence-electron chi connectivity index (χ1n) is 11.3. The number of nitrogens with one attached hydrogen (secondary N) is 2. The predicted octanol–water partition coefficient (Wildman–Crippen LogP) is 4.09. The van der Waals surface area contributed by atoms with Crippen LogP contribution in [0.2, 0.25) is 0 Å². The molecule has 0 fully saturated rings. The molecule has 3 N–H and O–H groups in total. The van der Waals surface area contributed by atoms with Gasteiger partial charge in [0.1, 0.15) is 17.5 Å². The van der Waals surface area contributed by atoms with Crippen LogP contribution in [0.15, 0.2) is 66.7 Å². The number of aliphatic hydroxyl groups excluding tert-OH is 1. The van der Waals surface area contributed by atoms with Crippen LogP contribution in [-0.4, -0.2) is 29.7 Å². The predicted molar refractivity (Wildman–Crippen MR) is 126 cm³/mol. The number of carbonyl (C=O) groups is 1. The molecule has 0 aliphatic carbocycles. The topological polar surface area (TPSA) is 61.4 Å². The number of amides is 1. The smallest absolute Gasteiger partial charge is 0.224 e. The van der Waals surface area contributed by atoms with Gasteiger partial charge in [-0.1, -0.05) is 49.4 Å². The van der Waals surface area contributed by atoms with Gasteiger partial charge in [0.2, 0.25) is 5.91 Å². The number of carbonyl (C=O) groups excluding carboxylic acids is 1. The zero-order valence-corrected chi connectivity index (χ0v) is 19.0. The molecule has 3 rings (SSSR count). The van der Waals surface area contributed by atoms with E-state index >= 15 is 0 Å². The lowest BCUT2D eigenvalue weighted by Gasteiger charge is -2.25. The van der Waals surface area contributed by atoms with Crippen molar-refractivity contribution in [2.24, 2.45) is 0 Å². The largest absolute Gasteiger partial charge is 0.390 e. The lowest BCUT2D eigenvalue weighted by Crippen LogP contribution is -2.49. The molecule has 3 aromatic carbocycles. The minimum atomic E-state index is -1.05. The second kappa shape index (κ2) is 12.3. The van der Waals surface area contributed by atoms with Gasteiger partial charge in [0.05, 0.1) is 18.6 Å². The maximum absolute atomic E-state index is 13.9. The summed E-state index contributed by atoms with van der Waals surface area (Å²) in [5.74, 6) is -2.48. The maximum atomic E-state index is 13.9. The molecule has 7 heteroatoms. The number of aryl methyl sites for hydroxylation is 1. The van der Waals surface area contributed by atoms with E-state index in [0.29, 0.717) is 12.1 Å². The van der Waals surface area contributed by atoms with Gasteiger partial charge in [-0.05, 0) is 53.3 Å². The van der Waals surface area contributed by atoms with Crippen LogP contribution in [0.3, 0.4) is 0 Å². The molecule has 3 aromatic rings. The Balaban J connectivity index is 1.67. The molecule has 34 heavy (non-hydrogen) atoms. The molecule has 0 heterocycles. The van der Waals surface area contributed by atoms with Gasteiger partial charge in [0, 0.05) is 19.2 Å². The first-order chi connectivity index (χ1) is 16.3. The van der Waals surface area contributed by atoms with Crippen LogP contribution >= 0.6 is 0 Å². The Morgan fingerprint density at radius 3 is 2.32 bits per heavy atom. The van der Waals surface area contributed by atoms with Crippen molar-refractivity contribution >= 4 is 5.91 Å². The Labute approximate surface area is 197 Å². The second-order valence-electron chi connectivity index (χ2n) is 8.30. The van der Waals surface area contributed by atoms with Crippen LogP contribution < -0.4 is 10.6 Å². The summed E-state index contributed by atoms with van der Waals surface area (Å²) in [6, 6.07) is 16.2. The molecule has 180 valence electrons. The summed E-state index contributed by atoms with van der Waals surface area (Å²) >= 11 is 0. The lowest BCUT2D eigenvalue weighted by atomic mass is 10.00. The second-order valence-corrected chi connectivity index (χ2v) is 8.30. The Kier molecular flexibility index (Phi) is 9.24. The number of aliphatic hydroxyl groups is 1. The number of halogens is 3. The Morgan fingerprint density at radius 2 is 1.62 bits per heavy atom. The minimum absolute atomic E-state index is 0.00581. The van der Waals surface area contributed by atoms with E-state index in [2.05, 4.69) is 23.6 Å². The molecule has 0 radical (unpaired) electrons. The molecular formula is C27H29F3N2O2. The molecule has 4 nitrogen and oxygen atoms in total. The van der Waals surface area contributed by atoms with Gasteiger partial charge in [0.25, 0.3) is 0 Å². The van der Waals surface area contributed by atoms with Crippen molar-refractivity contribution < 1.29 is 23.1 Å². The molecule has 0 bridgehead atoms. The number of rotatable bonds is 11. The number of hydrogen-bond acceptors (Lipinski definition) is 3. The van der Waals surface area contributed by atoms with Gasteiger partial charge in [-0.2, -0.15) is 0 Å². The third-order valence-electron chi connectivity index (χ3n) is 5.58. The molecule has 0 spiro atoms. The maximum Gasteiger partial charge on any atom is 0.224 e. The molecule has 0 saturated heterocycles. The summed E-state index contributed by atoms with van der Waals surface area (Å²) in [5.41, 5.74) is 2.77. The Morgan fingerprint density at radius 1 is 0.912 bits per heavy atom. The minimum Gasteiger partial charge on any atom is -0.390 e. The molecule has 0 aliphatic rings. The number of hydrogen-bond donors (Lipinski definition) is 3. The van der Waals surface area contributed by atoms with Gasteiger partial charge in [-0.25, -0.2) is 13.2 Å². The van der Waals surface area contributed by atoms with Gasteiger partial charge in [-0.15, -0.1) is 0 Å². The summed E-state index contributed by atoms with van der Waals surface area (Å²) in [6.45, 7) is 2.72. The third kappa shape index (κ3) is 7.71. The third-order valence-corrected chi connectivity index (χ3v) is 5.58. The summed E-state index contributed by atoms with van der Waals surface area (Å²) in [5, 5.41) is 16.7. The van der Waals surface area contributed by atoms with E-state index in [9.17, 15) is 23.1 Å². The monoisotopic (exact) mass is 470 g/mol. The van der Waals surface area contributed by atoms with Gasteiger partial charge in [-0.3, -0.25) is 4.79 Å². The first kappa shape index (κ1) is 25.5. The van der Waals surface area contributed by atoms with Crippen molar-refractivity contribution in [1.82, 2.24) is 10.6 Å². The molecule has 1 amide bonds. The summed E-state index contributed by atoms with van der Waals surface area (Å²) in [7, 11) is 0. The van der Waals surface area contributed by atoms with Crippen LogP contribution in [0, 0.1) is 17.5 Å². The SMILES string of the molecule is CCc1cccc(CNCC(O)C(Cc2cc(F)cc(F)c2)NC(=O)Cc2ccccc2F)c1. The van der Waals surface area contributed by atoms with E-state index in [1.54, 1.807) is 6.07 Å². The van der Waals surface area contributed by atoms with E-state index in [-0.39, 0.29) is 24.9 Å². The highest BCUT2D eigenvalue weighted by Crippen LogP contribution is 2.13. The number of benzene rings is 3. The molecule has 0 aliphatic heterocycles. The van der Waals surface area contributed by atoms with E-state index < -0.39 is 35.5 Å². The van der Waals surface area contributed by atoms with Crippen LogP contribution in [0.25, 0.3) is 0 Å². The first-order valence-corrected chi connectivity index (χ1v) is 11.3. The highest BCUT2D eigenvalue weighted by molar-refractivity contribution is 5.79. The van der Waals surface area contributed by atoms with E-state index in [1.807, 2.05) is 18.2 Å². The lowest BCUT2D eigenvalue weighted by molar-refractivity contribution is -0.122. The normalized spacial score (nSPS) is 12.9. The van der Waals surface area contributed by atoms with Crippen molar-refractivity contribution in [2.75, 3.05) is 6.54 Å². The van der Waals surface area contributed by atoms with Crippen molar-refractivity contribution in [1.29, 1.82) is 0 Å². The quantitative estimate of drug-likeness (QED) is 0.396. The van der Waals surface area contributed by atoms with Gasteiger partial charge >= 0.3 is 0 Å². The molecule has 0 saturated carbocycles. The zero-order valence-electron chi connectivity index (χ0n) is 19.0.